The number of nitrogens with zero attached hydrogens (tertiary/aromatic N) is 2. The Morgan fingerprint density at radius 2 is 2.06 bits per heavy atom. The van der Waals surface area contributed by atoms with Crippen LogP contribution in [0.2, 0.25) is 0 Å². The minimum atomic E-state index is -1.92. The molecule has 0 aliphatic heterocycles. The number of aliphatic hydroxyl groups is 2. The predicted molar refractivity (Wildman–Crippen MR) is 58.8 cm³/mol. The topological polar surface area (TPSA) is 75.3 Å². The molecular weight excluding hydrogens is 208 g/mol. The van der Waals surface area contributed by atoms with Gasteiger partial charge in [0.2, 0.25) is 0 Å². The molecule has 1 aromatic heterocycles. The minimum absolute atomic E-state index is 0.205. The Kier molecular flexibility index (Phi) is 2.49. The van der Waals surface area contributed by atoms with E-state index in [0.29, 0.717) is 10.9 Å². The first kappa shape index (κ1) is 10.8. The monoisotopic (exact) mass is 220 g/mol. The van der Waals surface area contributed by atoms with Crippen LogP contribution in [0.25, 0.3) is 10.9 Å². The molecule has 0 aliphatic rings. The number of rotatable bonds is 2. The summed E-state index contributed by atoms with van der Waals surface area (Å²) in [4.78, 5) is 16.0. The van der Waals surface area contributed by atoms with Crippen LogP contribution in [0.1, 0.15) is 6.92 Å². The maximum absolute atomic E-state index is 11.9. The first-order valence-electron chi connectivity index (χ1n) is 4.86. The van der Waals surface area contributed by atoms with E-state index in [1.165, 1.54) is 17.8 Å². The lowest BCUT2D eigenvalue weighted by Crippen LogP contribution is -2.35. The molecule has 16 heavy (non-hydrogen) atoms. The van der Waals surface area contributed by atoms with Gasteiger partial charge in [-0.15, -0.1) is 0 Å². The number of hydrogen-bond donors (Lipinski definition) is 2. The van der Waals surface area contributed by atoms with E-state index >= 15 is 0 Å². The number of para-hydroxylation sites is 1. The third kappa shape index (κ3) is 2.10. The summed E-state index contributed by atoms with van der Waals surface area (Å²) in [5, 5.41) is 18.9. The summed E-state index contributed by atoms with van der Waals surface area (Å²) < 4.78 is 1.18. The Hall–Kier alpha value is -1.72. The van der Waals surface area contributed by atoms with Crippen LogP contribution < -0.4 is 5.56 Å². The van der Waals surface area contributed by atoms with E-state index < -0.39 is 5.79 Å². The van der Waals surface area contributed by atoms with Crippen LogP contribution in [-0.4, -0.2) is 25.6 Å². The summed E-state index contributed by atoms with van der Waals surface area (Å²) in [5.74, 6) is -1.92. The molecule has 0 amide bonds. The molecule has 84 valence electrons. The quantitative estimate of drug-likeness (QED) is 0.704. The maximum Gasteiger partial charge on any atom is 0.261 e. The van der Waals surface area contributed by atoms with E-state index in [4.69, 9.17) is 0 Å². The van der Waals surface area contributed by atoms with Gasteiger partial charge in [-0.25, -0.2) is 4.98 Å². The molecular formula is C11H12N2O3. The molecule has 5 nitrogen and oxygen atoms in total. The van der Waals surface area contributed by atoms with Crippen molar-refractivity contribution in [1.29, 1.82) is 0 Å². The van der Waals surface area contributed by atoms with Gasteiger partial charge in [-0.05, 0) is 19.1 Å². The van der Waals surface area contributed by atoms with Crippen LogP contribution in [0.5, 0.6) is 0 Å². The van der Waals surface area contributed by atoms with Gasteiger partial charge in [0.1, 0.15) is 0 Å². The highest BCUT2D eigenvalue weighted by molar-refractivity contribution is 5.76. The summed E-state index contributed by atoms with van der Waals surface area (Å²) in [6.45, 7) is 1.01. The van der Waals surface area contributed by atoms with Crippen LogP contribution in [0.4, 0.5) is 0 Å². The normalized spacial score (nSPS) is 11.9. The molecule has 1 heterocycles. The summed E-state index contributed by atoms with van der Waals surface area (Å²) in [5.41, 5.74) is 0.321. The van der Waals surface area contributed by atoms with E-state index in [9.17, 15) is 15.0 Å². The first-order chi connectivity index (χ1) is 7.47. The van der Waals surface area contributed by atoms with Crippen molar-refractivity contribution in [3.05, 3.63) is 40.9 Å². The number of benzene rings is 1. The molecule has 5 heteroatoms. The molecule has 0 spiro atoms. The van der Waals surface area contributed by atoms with Crippen LogP contribution in [0.15, 0.2) is 35.4 Å². The fourth-order valence-electron chi connectivity index (χ4n) is 1.54. The van der Waals surface area contributed by atoms with Crippen molar-refractivity contribution in [2.24, 2.45) is 0 Å². The summed E-state index contributed by atoms with van der Waals surface area (Å²) in [6, 6.07) is 6.93. The Labute approximate surface area is 91.6 Å². The Morgan fingerprint density at radius 3 is 2.75 bits per heavy atom. The standard InChI is InChI=1S/C11H12N2O3/c1-11(15,16)6-13-7-12-9-5-3-2-4-8(9)10(13)14/h2-5,7,15-16H,6H2,1H3. The lowest BCUT2D eigenvalue weighted by molar-refractivity contribution is -0.155. The van der Waals surface area contributed by atoms with E-state index in [2.05, 4.69) is 4.98 Å². The number of fused-ring (bicyclic) bond motifs is 1. The van der Waals surface area contributed by atoms with E-state index in [1.807, 2.05) is 0 Å². The van der Waals surface area contributed by atoms with Crippen LogP contribution in [0, 0.1) is 0 Å². The molecule has 0 atom stereocenters. The van der Waals surface area contributed by atoms with Crippen molar-refractivity contribution < 1.29 is 10.2 Å². The summed E-state index contributed by atoms with van der Waals surface area (Å²) >= 11 is 0. The van der Waals surface area contributed by atoms with Gasteiger partial charge in [-0.1, -0.05) is 12.1 Å². The van der Waals surface area contributed by atoms with Crippen molar-refractivity contribution in [2.45, 2.75) is 19.3 Å². The smallest absolute Gasteiger partial charge is 0.261 e. The third-order valence-electron chi connectivity index (χ3n) is 2.20. The second kappa shape index (κ2) is 3.70. The molecule has 2 aromatic rings. The van der Waals surface area contributed by atoms with Gasteiger partial charge in [0.05, 0.1) is 23.8 Å². The van der Waals surface area contributed by atoms with Crippen molar-refractivity contribution in [3.8, 4) is 0 Å². The van der Waals surface area contributed by atoms with E-state index in [1.54, 1.807) is 24.3 Å². The van der Waals surface area contributed by atoms with Crippen molar-refractivity contribution in [2.75, 3.05) is 0 Å². The molecule has 2 rings (SSSR count). The molecule has 0 fully saturated rings. The number of hydrogen-bond acceptors (Lipinski definition) is 4. The van der Waals surface area contributed by atoms with Crippen molar-refractivity contribution >= 4 is 10.9 Å². The molecule has 0 saturated heterocycles. The molecule has 2 N–H and O–H groups in total. The van der Waals surface area contributed by atoms with Crippen LogP contribution in [0.3, 0.4) is 0 Å². The average molecular weight is 220 g/mol. The van der Waals surface area contributed by atoms with Gasteiger partial charge in [0.15, 0.2) is 5.79 Å². The average Bonchev–Trinajstić information content (AvgIpc) is 2.21. The highest BCUT2D eigenvalue weighted by Crippen LogP contribution is 2.06. The first-order valence-corrected chi connectivity index (χ1v) is 4.86. The van der Waals surface area contributed by atoms with Gasteiger partial charge in [0.25, 0.3) is 5.56 Å². The van der Waals surface area contributed by atoms with Gasteiger partial charge < -0.3 is 10.2 Å². The molecule has 0 aliphatic carbocycles. The fraction of sp³-hybridized carbons (Fsp3) is 0.273. The largest absolute Gasteiger partial charge is 0.364 e. The second-order valence-corrected chi connectivity index (χ2v) is 3.91. The van der Waals surface area contributed by atoms with Crippen molar-refractivity contribution in [1.82, 2.24) is 9.55 Å². The molecule has 0 unspecified atom stereocenters. The lowest BCUT2D eigenvalue weighted by Gasteiger charge is -2.16. The zero-order valence-electron chi connectivity index (χ0n) is 8.79. The summed E-state index contributed by atoms with van der Waals surface area (Å²) in [7, 11) is 0. The van der Waals surface area contributed by atoms with Gasteiger partial charge >= 0.3 is 0 Å². The van der Waals surface area contributed by atoms with Gasteiger partial charge in [-0.3, -0.25) is 9.36 Å². The maximum atomic E-state index is 11.9. The van der Waals surface area contributed by atoms with E-state index in [0.717, 1.165) is 0 Å². The van der Waals surface area contributed by atoms with Crippen molar-refractivity contribution in [3.63, 3.8) is 0 Å². The lowest BCUT2D eigenvalue weighted by atomic mass is 10.2. The van der Waals surface area contributed by atoms with Crippen LogP contribution in [-0.2, 0) is 6.54 Å². The Bertz CT molecular complexity index is 569. The Balaban J connectivity index is 2.57. The zero-order valence-corrected chi connectivity index (χ0v) is 8.79. The fourth-order valence-corrected chi connectivity index (χ4v) is 1.54. The predicted octanol–water partition coefficient (Wildman–Crippen LogP) is 0.0973. The third-order valence-corrected chi connectivity index (χ3v) is 2.20. The molecule has 0 bridgehead atoms. The van der Waals surface area contributed by atoms with Crippen LogP contribution >= 0.6 is 0 Å². The van der Waals surface area contributed by atoms with Gasteiger partial charge in [-0.2, -0.15) is 0 Å². The second-order valence-electron chi connectivity index (χ2n) is 3.91. The highest BCUT2D eigenvalue weighted by atomic mass is 16.5. The SMILES string of the molecule is CC(O)(O)Cn1cnc2ccccc2c1=O. The van der Waals surface area contributed by atoms with Gasteiger partial charge in [0, 0.05) is 0 Å². The Morgan fingerprint density at radius 1 is 1.38 bits per heavy atom. The zero-order chi connectivity index (χ0) is 11.8. The van der Waals surface area contributed by atoms with E-state index in [-0.39, 0.29) is 12.1 Å². The molecule has 0 saturated carbocycles. The highest BCUT2D eigenvalue weighted by Gasteiger charge is 2.17. The minimum Gasteiger partial charge on any atom is -0.364 e. The number of aromatic nitrogens is 2. The molecule has 1 aromatic carbocycles. The summed E-state index contributed by atoms with van der Waals surface area (Å²) in [6.07, 6.45) is 1.31. The molecule has 0 radical (unpaired) electrons.